The van der Waals surface area contributed by atoms with Gasteiger partial charge in [-0.3, -0.25) is 0 Å². The molecule has 2 aromatic rings. The number of benzene rings is 2. The van der Waals surface area contributed by atoms with E-state index in [1.807, 2.05) is 38.1 Å². The van der Waals surface area contributed by atoms with Crippen LogP contribution in [0.25, 0.3) is 0 Å². The van der Waals surface area contributed by atoms with Gasteiger partial charge in [-0.2, -0.15) is 5.10 Å². The van der Waals surface area contributed by atoms with Crippen LogP contribution in [0.1, 0.15) is 29.2 Å². The summed E-state index contributed by atoms with van der Waals surface area (Å²) < 4.78 is 0. The second-order valence-electron chi connectivity index (χ2n) is 5.27. The largest absolute Gasteiger partial charge is 0.507 e. The van der Waals surface area contributed by atoms with E-state index in [1.165, 1.54) is 6.21 Å². The predicted molar refractivity (Wildman–Crippen MR) is 94.0 cm³/mol. The first kappa shape index (κ1) is 16.4. The molecule has 0 aliphatic heterocycles. The van der Waals surface area contributed by atoms with E-state index < -0.39 is 0 Å². The standard InChI is InChI=1S/C18H19N3O2/c1-12-4-6-17(22)15(8-12)10-19-14(3)21-20-11-16-9-13(2)5-7-18(16)23/h4-11,22-23H,1-3H3. The van der Waals surface area contributed by atoms with Crippen molar-refractivity contribution in [1.82, 2.24) is 0 Å². The topological polar surface area (TPSA) is 77.5 Å². The first-order valence-corrected chi connectivity index (χ1v) is 7.16. The van der Waals surface area contributed by atoms with Gasteiger partial charge in [-0.05, 0) is 45.0 Å². The van der Waals surface area contributed by atoms with E-state index >= 15 is 0 Å². The van der Waals surface area contributed by atoms with Crippen LogP contribution in [-0.2, 0) is 0 Å². The van der Waals surface area contributed by atoms with Gasteiger partial charge in [-0.1, -0.05) is 23.3 Å². The maximum atomic E-state index is 9.74. The molecule has 0 aromatic heterocycles. The summed E-state index contributed by atoms with van der Waals surface area (Å²) in [4.78, 5) is 4.16. The number of phenols is 2. The molecule has 0 aliphatic rings. The van der Waals surface area contributed by atoms with E-state index in [0.29, 0.717) is 17.0 Å². The van der Waals surface area contributed by atoms with Crippen LogP contribution in [0.4, 0.5) is 0 Å². The van der Waals surface area contributed by atoms with Gasteiger partial charge in [0.15, 0.2) is 0 Å². The molecular weight excluding hydrogens is 290 g/mol. The van der Waals surface area contributed by atoms with Gasteiger partial charge in [0.1, 0.15) is 17.3 Å². The Labute approximate surface area is 135 Å². The maximum absolute atomic E-state index is 9.74. The number of phenolic OH excluding ortho intramolecular Hbond substituents is 2. The number of aryl methyl sites for hydroxylation is 2. The molecule has 0 saturated heterocycles. The van der Waals surface area contributed by atoms with Gasteiger partial charge >= 0.3 is 0 Å². The third-order valence-electron chi connectivity index (χ3n) is 3.16. The Kier molecular flexibility index (Phi) is 5.25. The van der Waals surface area contributed by atoms with E-state index in [2.05, 4.69) is 15.2 Å². The van der Waals surface area contributed by atoms with Crippen molar-refractivity contribution in [1.29, 1.82) is 0 Å². The summed E-state index contributed by atoms with van der Waals surface area (Å²) in [5.74, 6) is 0.759. The molecular formula is C18H19N3O2. The fraction of sp³-hybridized carbons (Fsp3) is 0.167. The molecule has 0 spiro atoms. The van der Waals surface area contributed by atoms with Crippen LogP contribution in [-0.4, -0.2) is 28.5 Å². The van der Waals surface area contributed by atoms with Crippen LogP contribution in [0.2, 0.25) is 0 Å². The zero-order valence-corrected chi connectivity index (χ0v) is 13.4. The molecule has 0 heterocycles. The predicted octanol–water partition coefficient (Wildman–Crippen LogP) is 3.59. The molecule has 0 bridgehead atoms. The molecule has 0 unspecified atom stereocenters. The molecule has 0 fully saturated rings. The lowest BCUT2D eigenvalue weighted by Gasteiger charge is -1.99. The smallest absolute Gasteiger partial charge is 0.147 e. The van der Waals surface area contributed by atoms with Crippen molar-refractivity contribution in [3.05, 3.63) is 58.7 Å². The van der Waals surface area contributed by atoms with Crippen molar-refractivity contribution >= 4 is 18.3 Å². The molecule has 2 aromatic carbocycles. The van der Waals surface area contributed by atoms with Crippen LogP contribution in [0, 0.1) is 13.8 Å². The fourth-order valence-electron chi connectivity index (χ4n) is 1.92. The Balaban J connectivity index is 2.11. The van der Waals surface area contributed by atoms with Crippen LogP contribution in [0.15, 0.2) is 51.6 Å². The molecule has 23 heavy (non-hydrogen) atoms. The number of amidine groups is 1. The van der Waals surface area contributed by atoms with Crippen LogP contribution >= 0.6 is 0 Å². The minimum absolute atomic E-state index is 0.153. The van der Waals surface area contributed by atoms with E-state index in [0.717, 1.165) is 11.1 Å². The number of nitrogens with zero attached hydrogens (tertiary/aromatic N) is 3. The number of aliphatic imine (C=N–C) groups is 1. The zero-order valence-electron chi connectivity index (χ0n) is 13.4. The molecule has 5 heteroatoms. The first-order valence-electron chi connectivity index (χ1n) is 7.16. The first-order chi connectivity index (χ1) is 11.0. The Morgan fingerprint density at radius 3 is 1.96 bits per heavy atom. The molecule has 2 rings (SSSR count). The van der Waals surface area contributed by atoms with E-state index in [4.69, 9.17) is 0 Å². The average Bonchev–Trinajstić information content (AvgIpc) is 2.51. The number of hydrogen-bond donors (Lipinski definition) is 2. The van der Waals surface area contributed by atoms with Crippen LogP contribution in [0.3, 0.4) is 0 Å². The summed E-state index contributed by atoms with van der Waals surface area (Å²) in [6.45, 7) is 5.58. The maximum Gasteiger partial charge on any atom is 0.147 e. The summed E-state index contributed by atoms with van der Waals surface area (Å²) >= 11 is 0. The second kappa shape index (κ2) is 7.35. The number of hydrogen-bond acceptors (Lipinski definition) is 4. The van der Waals surface area contributed by atoms with Gasteiger partial charge in [0, 0.05) is 17.3 Å². The lowest BCUT2D eigenvalue weighted by Crippen LogP contribution is -1.90. The Morgan fingerprint density at radius 1 is 0.870 bits per heavy atom. The highest BCUT2D eigenvalue weighted by molar-refractivity contribution is 5.95. The van der Waals surface area contributed by atoms with E-state index in [9.17, 15) is 10.2 Å². The van der Waals surface area contributed by atoms with E-state index in [-0.39, 0.29) is 11.5 Å². The monoisotopic (exact) mass is 309 g/mol. The van der Waals surface area contributed by atoms with Gasteiger partial charge in [-0.25, -0.2) is 4.99 Å². The molecule has 0 amide bonds. The molecule has 0 atom stereocenters. The zero-order chi connectivity index (χ0) is 16.8. The van der Waals surface area contributed by atoms with Gasteiger partial charge in [0.05, 0.1) is 6.21 Å². The highest BCUT2D eigenvalue weighted by Crippen LogP contribution is 2.16. The van der Waals surface area contributed by atoms with Crippen molar-refractivity contribution in [3.63, 3.8) is 0 Å². The highest BCUT2D eigenvalue weighted by Gasteiger charge is 1.99. The van der Waals surface area contributed by atoms with Crippen molar-refractivity contribution in [2.45, 2.75) is 20.8 Å². The van der Waals surface area contributed by atoms with Crippen molar-refractivity contribution < 1.29 is 10.2 Å². The van der Waals surface area contributed by atoms with Gasteiger partial charge in [-0.15, -0.1) is 5.10 Å². The lowest BCUT2D eigenvalue weighted by atomic mass is 10.1. The summed E-state index contributed by atoms with van der Waals surface area (Å²) in [6.07, 6.45) is 3.02. The molecule has 0 aliphatic carbocycles. The molecule has 5 nitrogen and oxygen atoms in total. The van der Waals surface area contributed by atoms with Crippen molar-refractivity contribution in [2.24, 2.45) is 15.2 Å². The average molecular weight is 309 g/mol. The number of rotatable bonds is 3. The minimum Gasteiger partial charge on any atom is -0.507 e. The fourth-order valence-corrected chi connectivity index (χ4v) is 1.92. The van der Waals surface area contributed by atoms with Gasteiger partial charge in [0.2, 0.25) is 0 Å². The van der Waals surface area contributed by atoms with Crippen LogP contribution < -0.4 is 0 Å². The third-order valence-corrected chi connectivity index (χ3v) is 3.16. The van der Waals surface area contributed by atoms with Gasteiger partial charge < -0.3 is 10.2 Å². The Hall–Kier alpha value is -2.95. The lowest BCUT2D eigenvalue weighted by molar-refractivity contribution is 0.474. The normalized spacial score (nSPS) is 12.4. The van der Waals surface area contributed by atoms with Gasteiger partial charge in [0.25, 0.3) is 0 Å². The molecule has 118 valence electrons. The summed E-state index contributed by atoms with van der Waals surface area (Å²) in [5.41, 5.74) is 3.28. The van der Waals surface area contributed by atoms with Crippen molar-refractivity contribution in [2.75, 3.05) is 0 Å². The van der Waals surface area contributed by atoms with Crippen molar-refractivity contribution in [3.8, 4) is 11.5 Å². The minimum atomic E-state index is 0.153. The van der Waals surface area contributed by atoms with E-state index in [1.54, 1.807) is 25.3 Å². The molecule has 2 N–H and O–H groups in total. The third kappa shape index (κ3) is 4.78. The number of aromatic hydroxyl groups is 2. The summed E-state index contributed by atoms with van der Waals surface area (Å²) in [6, 6.07) is 10.5. The molecule has 0 saturated carbocycles. The highest BCUT2D eigenvalue weighted by atomic mass is 16.3. The summed E-state index contributed by atoms with van der Waals surface area (Å²) in [7, 11) is 0. The Morgan fingerprint density at radius 2 is 1.39 bits per heavy atom. The summed E-state index contributed by atoms with van der Waals surface area (Å²) in [5, 5.41) is 27.3. The quantitative estimate of drug-likeness (QED) is 0.516. The molecule has 0 radical (unpaired) electrons. The Bertz CT molecular complexity index is 793. The SMILES string of the molecule is CC(N=Cc1cc(C)ccc1O)=NN=Cc1cc(C)ccc1O. The second-order valence-corrected chi connectivity index (χ2v) is 5.27. The van der Waals surface area contributed by atoms with Crippen LogP contribution in [0.5, 0.6) is 11.5 Å².